The lowest BCUT2D eigenvalue weighted by Gasteiger charge is -2.20. The molecule has 0 bridgehead atoms. The number of halogens is 3. The fraction of sp³-hybridized carbons (Fsp3) is 0.250. The van der Waals surface area contributed by atoms with E-state index in [1.807, 2.05) is 6.92 Å². The van der Waals surface area contributed by atoms with Crippen molar-refractivity contribution in [2.24, 2.45) is 0 Å². The van der Waals surface area contributed by atoms with Crippen molar-refractivity contribution in [3.05, 3.63) is 65.0 Å². The summed E-state index contributed by atoms with van der Waals surface area (Å²) in [5, 5.41) is 3.01. The van der Waals surface area contributed by atoms with Gasteiger partial charge in [-0.15, -0.1) is 0 Å². The monoisotopic (exact) mass is 295 g/mol. The smallest absolute Gasteiger partial charge is 0.134 e. The van der Waals surface area contributed by atoms with E-state index in [1.54, 1.807) is 0 Å². The van der Waals surface area contributed by atoms with E-state index < -0.39 is 23.5 Å². The Balaban J connectivity index is 2.50. The highest BCUT2D eigenvalue weighted by atomic mass is 19.1. The van der Waals surface area contributed by atoms with Crippen LogP contribution < -0.4 is 10.1 Å². The zero-order valence-electron chi connectivity index (χ0n) is 11.8. The second kappa shape index (κ2) is 6.63. The summed E-state index contributed by atoms with van der Waals surface area (Å²) >= 11 is 0. The van der Waals surface area contributed by atoms with Crippen LogP contribution in [0.3, 0.4) is 0 Å². The Morgan fingerprint density at radius 3 is 2.10 bits per heavy atom. The molecule has 5 heteroatoms. The van der Waals surface area contributed by atoms with Crippen LogP contribution in [0.2, 0.25) is 0 Å². The van der Waals surface area contributed by atoms with Crippen LogP contribution in [0.5, 0.6) is 5.75 Å². The number of methoxy groups -OCH3 is 1. The SMILES string of the molecule is CCNC(c1ccc(F)cc1)c1c(F)cc(OC)cc1F. The molecule has 0 heterocycles. The molecule has 2 rings (SSSR count). The number of benzene rings is 2. The minimum absolute atomic E-state index is 0.107. The van der Waals surface area contributed by atoms with Gasteiger partial charge in [0.1, 0.15) is 23.2 Å². The summed E-state index contributed by atoms with van der Waals surface area (Å²) in [6, 6.07) is 7.11. The van der Waals surface area contributed by atoms with E-state index in [2.05, 4.69) is 5.32 Å². The molecule has 0 radical (unpaired) electrons. The van der Waals surface area contributed by atoms with Crippen LogP contribution in [0.15, 0.2) is 36.4 Å². The first-order valence-corrected chi connectivity index (χ1v) is 6.58. The molecule has 21 heavy (non-hydrogen) atoms. The van der Waals surface area contributed by atoms with Gasteiger partial charge in [0.15, 0.2) is 0 Å². The molecule has 1 N–H and O–H groups in total. The first-order valence-electron chi connectivity index (χ1n) is 6.58. The molecule has 0 fully saturated rings. The molecule has 0 aliphatic carbocycles. The van der Waals surface area contributed by atoms with Gasteiger partial charge in [0.2, 0.25) is 0 Å². The average Bonchev–Trinajstić information content (AvgIpc) is 2.46. The van der Waals surface area contributed by atoms with E-state index in [4.69, 9.17) is 4.74 Å². The van der Waals surface area contributed by atoms with Gasteiger partial charge in [0.25, 0.3) is 0 Å². The quantitative estimate of drug-likeness (QED) is 0.905. The van der Waals surface area contributed by atoms with Crippen molar-refractivity contribution in [2.75, 3.05) is 13.7 Å². The van der Waals surface area contributed by atoms with Gasteiger partial charge in [-0.1, -0.05) is 19.1 Å². The van der Waals surface area contributed by atoms with E-state index in [-0.39, 0.29) is 11.3 Å². The van der Waals surface area contributed by atoms with Crippen LogP contribution >= 0.6 is 0 Å². The van der Waals surface area contributed by atoms with Crippen LogP contribution in [-0.4, -0.2) is 13.7 Å². The molecule has 0 amide bonds. The number of hydrogen-bond donors (Lipinski definition) is 1. The Kier molecular flexibility index (Phi) is 4.85. The van der Waals surface area contributed by atoms with E-state index >= 15 is 0 Å². The standard InChI is InChI=1S/C16H16F3NO/c1-3-20-16(10-4-6-11(17)7-5-10)15-13(18)8-12(21-2)9-14(15)19/h4-9,16,20H,3H2,1-2H3. The molecular formula is C16H16F3NO. The molecule has 2 aromatic rings. The molecule has 1 unspecified atom stereocenters. The van der Waals surface area contributed by atoms with E-state index in [9.17, 15) is 13.2 Å². The third-order valence-corrected chi connectivity index (χ3v) is 3.19. The third-order valence-electron chi connectivity index (χ3n) is 3.19. The predicted molar refractivity (Wildman–Crippen MR) is 74.8 cm³/mol. The summed E-state index contributed by atoms with van der Waals surface area (Å²) in [6.45, 7) is 2.34. The maximum atomic E-state index is 14.2. The largest absolute Gasteiger partial charge is 0.497 e. The highest BCUT2D eigenvalue weighted by molar-refractivity contribution is 5.38. The van der Waals surface area contributed by atoms with Crippen LogP contribution in [0.1, 0.15) is 24.1 Å². The zero-order valence-corrected chi connectivity index (χ0v) is 11.8. The molecule has 2 aromatic carbocycles. The van der Waals surface area contributed by atoms with E-state index in [0.717, 1.165) is 12.1 Å². The summed E-state index contributed by atoms with van der Waals surface area (Å²) in [5.41, 5.74) is 0.477. The minimum atomic E-state index is -0.706. The Morgan fingerprint density at radius 2 is 1.62 bits per heavy atom. The lowest BCUT2D eigenvalue weighted by molar-refractivity contribution is 0.403. The average molecular weight is 295 g/mol. The topological polar surface area (TPSA) is 21.3 Å². The van der Waals surface area contributed by atoms with Gasteiger partial charge in [-0.2, -0.15) is 0 Å². The summed E-state index contributed by atoms with van der Waals surface area (Å²) in [4.78, 5) is 0. The summed E-state index contributed by atoms with van der Waals surface area (Å²) in [6.07, 6.45) is 0. The van der Waals surface area contributed by atoms with Crippen molar-refractivity contribution in [3.8, 4) is 5.75 Å². The number of ether oxygens (including phenoxy) is 1. The zero-order chi connectivity index (χ0) is 15.4. The molecular weight excluding hydrogens is 279 g/mol. The number of nitrogens with one attached hydrogen (secondary N) is 1. The first kappa shape index (κ1) is 15.4. The maximum Gasteiger partial charge on any atom is 0.134 e. The molecule has 112 valence electrons. The summed E-state index contributed by atoms with van der Waals surface area (Å²) < 4.78 is 46.3. The van der Waals surface area contributed by atoms with Crippen molar-refractivity contribution in [3.63, 3.8) is 0 Å². The molecule has 0 aromatic heterocycles. The van der Waals surface area contributed by atoms with Gasteiger partial charge < -0.3 is 10.1 Å². The fourth-order valence-corrected chi connectivity index (χ4v) is 2.20. The number of hydrogen-bond acceptors (Lipinski definition) is 2. The van der Waals surface area contributed by atoms with Gasteiger partial charge >= 0.3 is 0 Å². The van der Waals surface area contributed by atoms with E-state index in [1.165, 1.54) is 31.4 Å². The lowest BCUT2D eigenvalue weighted by atomic mass is 9.97. The van der Waals surface area contributed by atoms with Crippen LogP contribution in [-0.2, 0) is 0 Å². The highest BCUT2D eigenvalue weighted by Crippen LogP contribution is 2.30. The Bertz CT molecular complexity index is 590. The second-order valence-corrected chi connectivity index (χ2v) is 4.55. The molecule has 0 spiro atoms. The lowest BCUT2D eigenvalue weighted by Crippen LogP contribution is -2.24. The molecule has 1 atom stereocenters. The van der Waals surface area contributed by atoms with Crippen molar-refractivity contribution >= 4 is 0 Å². The van der Waals surface area contributed by atoms with E-state index in [0.29, 0.717) is 12.1 Å². The molecule has 0 saturated heterocycles. The van der Waals surface area contributed by atoms with Gasteiger partial charge in [0.05, 0.1) is 13.2 Å². The molecule has 2 nitrogen and oxygen atoms in total. The molecule has 0 saturated carbocycles. The number of rotatable bonds is 5. The van der Waals surface area contributed by atoms with Crippen molar-refractivity contribution in [2.45, 2.75) is 13.0 Å². The predicted octanol–water partition coefficient (Wildman–Crippen LogP) is 3.81. The first-order chi connectivity index (χ1) is 10.1. The fourth-order valence-electron chi connectivity index (χ4n) is 2.20. The second-order valence-electron chi connectivity index (χ2n) is 4.55. The van der Waals surface area contributed by atoms with Crippen LogP contribution in [0.4, 0.5) is 13.2 Å². The van der Waals surface area contributed by atoms with Crippen LogP contribution in [0, 0.1) is 17.5 Å². The van der Waals surface area contributed by atoms with Gasteiger partial charge in [-0.05, 0) is 24.2 Å². The normalized spacial score (nSPS) is 12.2. The Morgan fingerprint density at radius 1 is 1.05 bits per heavy atom. The Labute approximate surface area is 121 Å². The highest BCUT2D eigenvalue weighted by Gasteiger charge is 2.22. The third kappa shape index (κ3) is 3.36. The maximum absolute atomic E-state index is 14.2. The van der Waals surface area contributed by atoms with Crippen molar-refractivity contribution in [1.82, 2.24) is 5.32 Å². The van der Waals surface area contributed by atoms with Gasteiger partial charge in [-0.3, -0.25) is 0 Å². The Hall–Kier alpha value is -2.01. The van der Waals surface area contributed by atoms with Gasteiger partial charge in [0, 0.05) is 17.7 Å². The summed E-state index contributed by atoms with van der Waals surface area (Å²) in [7, 11) is 1.34. The minimum Gasteiger partial charge on any atom is -0.497 e. The van der Waals surface area contributed by atoms with Crippen LogP contribution in [0.25, 0.3) is 0 Å². The molecule has 0 aliphatic rings. The van der Waals surface area contributed by atoms with Crippen molar-refractivity contribution in [1.29, 1.82) is 0 Å². The van der Waals surface area contributed by atoms with Crippen molar-refractivity contribution < 1.29 is 17.9 Å². The molecule has 0 aliphatic heterocycles. The summed E-state index contributed by atoms with van der Waals surface area (Å²) in [5.74, 6) is -1.70. The van der Waals surface area contributed by atoms with Gasteiger partial charge in [-0.25, -0.2) is 13.2 Å².